The molecule has 0 radical (unpaired) electrons. The summed E-state index contributed by atoms with van der Waals surface area (Å²) in [4.78, 5) is 6.78. The number of aryl methyl sites for hydroxylation is 1. The van der Waals surface area contributed by atoms with Crippen LogP contribution >= 0.6 is 0 Å². The molecular weight excluding hydrogens is 252 g/mol. The second kappa shape index (κ2) is 6.15. The van der Waals surface area contributed by atoms with Crippen LogP contribution in [0.3, 0.4) is 0 Å². The van der Waals surface area contributed by atoms with Crippen LogP contribution in [0.15, 0.2) is 36.8 Å². The molecule has 0 amide bonds. The largest absolute Gasteiger partial charge is 0.374 e. The van der Waals surface area contributed by atoms with Gasteiger partial charge in [0.2, 0.25) is 0 Å². The maximum atomic E-state index is 5.84. The molecule has 3 heterocycles. The van der Waals surface area contributed by atoms with Crippen LogP contribution in [0.1, 0.15) is 11.3 Å². The predicted octanol–water partition coefficient (Wildman–Crippen LogP) is 1.49. The lowest BCUT2D eigenvalue weighted by Gasteiger charge is -2.32. The van der Waals surface area contributed by atoms with Crippen molar-refractivity contribution in [3.05, 3.63) is 48.0 Å². The van der Waals surface area contributed by atoms with Crippen LogP contribution in [0.4, 0.5) is 0 Å². The lowest BCUT2D eigenvalue weighted by molar-refractivity contribution is -0.0405. The van der Waals surface area contributed by atoms with Crippen LogP contribution < -0.4 is 0 Å². The number of pyridine rings is 1. The molecule has 5 nitrogen and oxygen atoms in total. The molecule has 0 saturated carbocycles. The second-order valence-electron chi connectivity index (χ2n) is 5.29. The van der Waals surface area contributed by atoms with E-state index in [1.165, 1.54) is 5.56 Å². The normalized spacial score (nSPS) is 20.1. The van der Waals surface area contributed by atoms with E-state index < -0.39 is 0 Å². The zero-order chi connectivity index (χ0) is 13.8. The van der Waals surface area contributed by atoms with Crippen molar-refractivity contribution in [2.75, 3.05) is 19.7 Å². The van der Waals surface area contributed by atoms with E-state index in [4.69, 9.17) is 4.74 Å². The molecule has 1 aliphatic rings. The van der Waals surface area contributed by atoms with E-state index in [1.807, 2.05) is 29.2 Å². The van der Waals surface area contributed by atoms with Gasteiger partial charge >= 0.3 is 0 Å². The third-order valence-electron chi connectivity index (χ3n) is 3.49. The van der Waals surface area contributed by atoms with Crippen molar-refractivity contribution in [1.29, 1.82) is 0 Å². The highest BCUT2D eigenvalue weighted by Gasteiger charge is 2.21. The minimum Gasteiger partial charge on any atom is -0.374 e. The van der Waals surface area contributed by atoms with Gasteiger partial charge in [0.1, 0.15) is 0 Å². The van der Waals surface area contributed by atoms with Gasteiger partial charge in [0.05, 0.1) is 31.1 Å². The molecule has 5 heteroatoms. The Labute approximate surface area is 119 Å². The highest BCUT2D eigenvalue weighted by Crippen LogP contribution is 2.10. The molecule has 0 aromatic carbocycles. The molecule has 0 aliphatic carbocycles. The number of hydrogen-bond donors (Lipinski definition) is 0. The lowest BCUT2D eigenvalue weighted by Crippen LogP contribution is -2.43. The van der Waals surface area contributed by atoms with Crippen LogP contribution in [-0.2, 0) is 17.8 Å². The van der Waals surface area contributed by atoms with Gasteiger partial charge in [-0.2, -0.15) is 5.10 Å². The molecule has 0 bridgehead atoms. The summed E-state index contributed by atoms with van der Waals surface area (Å²) in [6, 6.07) is 6.06. The van der Waals surface area contributed by atoms with Gasteiger partial charge in [-0.1, -0.05) is 6.07 Å². The third kappa shape index (κ3) is 3.43. The number of hydrogen-bond acceptors (Lipinski definition) is 4. The molecule has 1 saturated heterocycles. The van der Waals surface area contributed by atoms with Crippen molar-refractivity contribution < 1.29 is 4.74 Å². The fraction of sp³-hybridized carbons (Fsp3) is 0.467. The van der Waals surface area contributed by atoms with Crippen LogP contribution in [-0.4, -0.2) is 45.5 Å². The Bertz CT molecular complexity index is 540. The number of aromatic nitrogens is 3. The second-order valence-corrected chi connectivity index (χ2v) is 5.29. The molecular formula is C15H20N4O. The van der Waals surface area contributed by atoms with Crippen LogP contribution in [0.2, 0.25) is 0 Å². The van der Waals surface area contributed by atoms with E-state index in [-0.39, 0.29) is 6.10 Å². The summed E-state index contributed by atoms with van der Waals surface area (Å²) in [7, 11) is 0. The van der Waals surface area contributed by atoms with Gasteiger partial charge in [-0.15, -0.1) is 0 Å². The zero-order valence-electron chi connectivity index (χ0n) is 11.8. The van der Waals surface area contributed by atoms with Gasteiger partial charge in [0.15, 0.2) is 0 Å². The molecule has 0 N–H and O–H groups in total. The van der Waals surface area contributed by atoms with Crippen molar-refractivity contribution in [3.63, 3.8) is 0 Å². The van der Waals surface area contributed by atoms with E-state index in [9.17, 15) is 0 Å². The summed E-state index contributed by atoms with van der Waals surface area (Å²) in [5, 5.41) is 4.32. The smallest absolute Gasteiger partial charge is 0.0898 e. The molecule has 2 aromatic rings. The minimum absolute atomic E-state index is 0.201. The fourth-order valence-electron chi connectivity index (χ4n) is 2.53. The Morgan fingerprint density at radius 1 is 1.40 bits per heavy atom. The highest BCUT2D eigenvalue weighted by atomic mass is 16.5. The van der Waals surface area contributed by atoms with Crippen molar-refractivity contribution in [1.82, 2.24) is 19.7 Å². The fourth-order valence-corrected chi connectivity index (χ4v) is 2.53. The van der Waals surface area contributed by atoms with Gasteiger partial charge in [0.25, 0.3) is 0 Å². The standard InChI is InChI=1S/C15H20N4O/c1-13-8-17-19(9-13)12-15-11-18(6-7-20-15)10-14-4-2-3-5-16-14/h2-5,8-9,15H,6-7,10-12H2,1H3/t15-/m0/s1. The summed E-state index contributed by atoms with van der Waals surface area (Å²) in [6.07, 6.45) is 5.99. The lowest BCUT2D eigenvalue weighted by atomic mass is 10.2. The predicted molar refractivity (Wildman–Crippen MR) is 76.2 cm³/mol. The van der Waals surface area contributed by atoms with Crippen molar-refractivity contribution in [3.8, 4) is 0 Å². The first-order valence-electron chi connectivity index (χ1n) is 7.02. The topological polar surface area (TPSA) is 43.2 Å². The summed E-state index contributed by atoms with van der Waals surface area (Å²) in [5.74, 6) is 0. The SMILES string of the molecule is Cc1cnn(C[C@@H]2CN(Cc3ccccn3)CCO2)c1. The van der Waals surface area contributed by atoms with Crippen LogP contribution in [0.25, 0.3) is 0 Å². The van der Waals surface area contributed by atoms with Gasteiger partial charge < -0.3 is 4.74 Å². The Kier molecular flexibility index (Phi) is 4.08. The monoisotopic (exact) mass is 272 g/mol. The molecule has 0 unspecified atom stereocenters. The van der Waals surface area contributed by atoms with Gasteiger partial charge in [-0.05, 0) is 24.6 Å². The first-order valence-corrected chi connectivity index (χ1v) is 7.02. The maximum absolute atomic E-state index is 5.84. The molecule has 3 rings (SSSR count). The van der Waals surface area contributed by atoms with E-state index in [2.05, 4.69) is 34.2 Å². The molecule has 1 aliphatic heterocycles. The molecule has 106 valence electrons. The van der Waals surface area contributed by atoms with Gasteiger partial charge in [-0.25, -0.2) is 0 Å². The molecule has 0 spiro atoms. The summed E-state index contributed by atoms with van der Waals surface area (Å²) in [6.45, 7) is 6.42. The Morgan fingerprint density at radius 3 is 3.10 bits per heavy atom. The Balaban J connectivity index is 1.56. The zero-order valence-corrected chi connectivity index (χ0v) is 11.8. The number of ether oxygens (including phenoxy) is 1. The van der Waals surface area contributed by atoms with E-state index >= 15 is 0 Å². The molecule has 20 heavy (non-hydrogen) atoms. The first kappa shape index (κ1) is 13.3. The van der Waals surface area contributed by atoms with Crippen molar-refractivity contribution in [2.45, 2.75) is 26.1 Å². The number of morpholine rings is 1. The maximum Gasteiger partial charge on any atom is 0.0898 e. The van der Waals surface area contributed by atoms with E-state index in [0.717, 1.165) is 38.5 Å². The molecule has 2 aromatic heterocycles. The van der Waals surface area contributed by atoms with Crippen LogP contribution in [0, 0.1) is 6.92 Å². The van der Waals surface area contributed by atoms with Crippen molar-refractivity contribution >= 4 is 0 Å². The number of rotatable bonds is 4. The summed E-state index contributed by atoms with van der Waals surface area (Å²) >= 11 is 0. The average Bonchev–Trinajstić information content (AvgIpc) is 2.86. The van der Waals surface area contributed by atoms with Gasteiger partial charge in [0, 0.05) is 32.0 Å². The molecule has 1 fully saturated rings. The minimum atomic E-state index is 0.201. The van der Waals surface area contributed by atoms with E-state index in [0.29, 0.717) is 0 Å². The Hall–Kier alpha value is -1.72. The average molecular weight is 272 g/mol. The quantitative estimate of drug-likeness (QED) is 0.846. The van der Waals surface area contributed by atoms with Crippen LogP contribution in [0.5, 0.6) is 0 Å². The third-order valence-corrected chi connectivity index (χ3v) is 3.49. The summed E-state index contributed by atoms with van der Waals surface area (Å²) in [5.41, 5.74) is 2.30. The Morgan fingerprint density at radius 2 is 2.35 bits per heavy atom. The summed E-state index contributed by atoms with van der Waals surface area (Å²) < 4.78 is 7.80. The van der Waals surface area contributed by atoms with E-state index in [1.54, 1.807) is 0 Å². The van der Waals surface area contributed by atoms with Crippen molar-refractivity contribution in [2.24, 2.45) is 0 Å². The molecule has 1 atom stereocenters. The van der Waals surface area contributed by atoms with Gasteiger partial charge in [-0.3, -0.25) is 14.6 Å². The highest BCUT2D eigenvalue weighted by molar-refractivity contribution is 5.03. The number of nitrogens with zero attached hydrogens (tertiary/aromatic N) is 4. The first-order chi connectivity index (χ1) is 9.79.